The first-order chi connectivity index (χ1) is 14.2. The maximum absolute atomic E-state index is 12.9. The third kappa shape index (κ3) is 5.59. The van der Waals surface area contributed by atoms with Gasteiger partial charge in [0.2, 0.25) is 15.9 Å². The first kappa shape index (κ1) is 23.2. The molecule has 1 aliphatic rings. The molecule has 162 valence electrons. The van der Waals surface area contributed by atoms with Crippen LogP contribution in [0.15, 0.2) is 36.4 Å². The van der Waals surface area contributed by atoms with E-state index in [4.69, 9.17) is 39.5 Å². The zero-order valence-electron chi connectivity index (χ0n) is 16.2. The smallest absolute Gasteiger partial charge is 0.228 e. The van der Waals surface area contributed by atoms with E-state index in [0.29, 0.717) is 51.5 Å². The number of piperidine rings is 1. The summed E-state index contributed by atoms with van der Waals surface area (Å²) in [6.45, 7) is 0.478. The fourth-order valence-corrected chi connectivity index (χ4v) is 5.44. The zero-order valence-corrected chi connectivity index (χ0v) is 19.3. The van der Waals surface area contributed by atoms with Gasteiger partial charge in [-0.3, -0.25) is 4.79 Å². The van der Waals surface area contributed by atoms with Crippen LogP contribution in [-0.4, -0.2) is 38.8 Å². The predicted octanol–water partition coefficient (Wildman–Crippen LogP) is 4.84. The highest BCUT2D eigenvalue weighted by Gasteiger charge is 2.32. The molecule has 0 bridgehead atoms. The Balaban J connectivity index is 1.70. The monoisotopic (exact) mass is 490 g/mol. The highest BCUT2D eigenvalue weighted by molar-refractivity contribution is 7.88. The number of ether oxygens (including phenoxy) is 1. The van der Waals surface area contributed by atoms with Crippen molar-refractivity contribution in [3.8, 4) is 5.75 Å². The van der Waals surface area contributed by atoms with Crippen molar-refractivity contribution in [3.05, 3.63) is 57.0 Å². The Hall–Kier alpha value is -1.51. The number of benzene rings is 2. The van der Waals surface area contributed by atoms with Crippen LogP contribution in [0.25, 0.3) is 0 Å². The number of rotatable bonds is 6. The van der Waals surface area contributed by atoms with Crippen LogP contribution in [0, 0.1) is 5.92 Å². The van der Waals surface area contributed by atoms with Gasteiger partial charge < -0.3 is 10.1 Å². The minimum absolute atomic E-state index is 0.109. The molecule has 0 radical (unpaired) electrons. The van der Waals surface area contributed by atoms with E-state index in [2.05, 4.69) is 5.32 Å². The summed E-state index contributed by atoms with van der Waals surface area (Å²) in [4.78, 5) is 12.8. The molecule has 2 aromatic carbocycles. The van der Waals surface area contributed by atoms with Crippen LogP contribution < -0.4 is 10.1 Å². The van der Waals surface area contributed by atoms with Crippen molar-refractivity contribution in [3.63, 3.8) is 0 Å². The van der Waals surface area contributed by atoms with E-state index in [0.717, 1.165) is 0 Å². The standard InChI is InChI=1S/C20H21Cl3N2O4S/c1-29-19-7-5-15(21)10-18(19)24-20(26)14-3-2-8-25(11-14)30(27,28)12-13-4-6-16(22)17(23)9-13/h4-7,9-10,14H,2-3,8,11-12H2,1H3,(H,24,26). The van der Waals surface area contributed by atoms with E-state index in [-0.39, 0.29) is 18.2 Å². The SMILES string of the molecule is COc1ccc(Cl)cc1NC(=O)C1CCCN(S(=O)(=O)Cc2ccc(Cl)c(Cl)c2)C1. The lowest BCUT2D eigenvalue weighted by Gasteiger charge is -2.31. The molecule has 1 heterocycles. The first-order valence-corrected chi connectivity index (χ1v) is 12.0. The van der Waals surface area contributed by atoms with Crippen molar-refractivity contribution < 1.29 is 17.9 Å². The van der Waals surface area contributed by atoms with Gasteiger partial charge in [0.05, 0.1) is 34.5 Å². The molecule has 0 aromatic heterocycles. The summed E-state index contributed by atoms with van der Waals surface area (Å²) in [6.07, 6.45) is 1.18. The number of methoxy groups -OCH3 is 1. The fraction of sp³-hybridized carbons (Fsp3) is 0.350. The molecule has 0 aliphatic carbocycles. The molecule has 1 aliphatic heterocycles. The molecule has 1 atom stereocenters. The van der Waals surface area contributed by atoms with Gasteiger partial charge in [0.25, 0.3) is 0 Å². The van der Waals surface area contributed by atoms with Crippen LogP contribution in [0.2, 0.25) is 15.1 Å². The van der Waals surface area contributed by atoms with Gasteiger partial charge in [-0.15, -0.1) is 0 Å². The summed E-state index contributed by atoms with van der Waals surface area (Å²) >= 11 is 17.9. The molecule has 1 fully saturated rings. The Kier molecular flexibility index (Phi) is 7.52. The molecule has 1 N–H and O–H groups in total. The zero-order chi connectivity index (χ0) is 21.9. The van der Waals surface area contributed by atoms with Crippen molar-refractivity contribution in [2.75, 3.05) is 25.5 Å². The van der Waals surface area contributed by atoms with Gasteiger partial charge in [-0.25, -0.2) is 12.7 Å². The van der Waals surface area contributed by atoms with Crippen LogP contribution in [0.3, 0.4) is 0 Å². The number of amides is 1. The summed E-state index contributed by atoms with van der Waals surface area (Å²) in [5.74, 6) is -0.482. The van der Waals surface area contributed by atoms with Gasteiger partial charge in [-0.2, -0.15) is 0 Å². The minimum atomic E-state index is -3.62. The predicted molar refractivity (Wildman–Crippen MR) is 120 cm³/mol. The molecule has 3 rings (SSSR count). The van der Waals surface area contributed by atoms with Crippen molar-refractivity contribution in [2.24, 2.45) is 5.92 Å². The van der Waals surface area contributed by atoms with Gasteiger partial charge in [0.1, 0.15) is 5.75 Å². The molecule has 0 saturated carbocycles. The fourth-order valence-electron chi connectivity index (χ4n) is 3.35. The maximum Gasteiger partial charge on any atom is 0.228 e. The molecular formula is C20H21Cl3N2O4S. The van der Waals surface area contributed by atoms with E-state index in [1.54, 1.807) is 36.4 Å². The van der Waals surface area contributed by atoms with Gasteiger partial charge in [-0.05, 0) is 48.7 Å². The Morgan fingerprint density at radius 3 is 2.63 bits per heavy atom. The minimum Gasteiger partial charge on any atom is -0.495 e. The number of carbonyl (C=O) groups excluding carboxylic acids is 1. The van der Waals surface area contributed by atoms with Crippen LogP contribution in [-0.2, 0) is 20.6 Å². The molecule has 10 heteroatoms. The molecule has 0 spiro atoms. The van der Waals surface area contributed by atoms with Crippen molar-refractivity contribution in [2.45, 2.75) is 18.6 Å². The number of nitrogens with zero attached hydrogens (tertiary/aromatic N) is 1. The molecular weight excluding hydrogens is 471 g/mol. The number of carbonyl (C=O) groups is 1. The Bertz CT molecular complexity index is 1050. The summed E-state index contributed by atoms with van der Waals surface area (Å²) < 4.78 is 32.4. The average molecular weight is 492 g/mol. The van der Waals surface area contributed by atoms with Gasteiger partial charge in [0.15, 0.2) is 0 Å². The lowest BCUT2D eigenvalue weighted by atomic mass is 9.98. The lowest BCUT2D eigenvalue weighted by molar-refractivity contribution is -0.120. The first-order valence-electron chi connectivity index (χ1n) is 9.26. The van der Waals surface area contributed by atoms with Crippen molar-refractivity contribution >= 4 is 56.4 Å². The largest absolute Gasteiger partial charge is 0.495 e. The van der Waals surface area contributed by atoms with Crippen molar-refractivity contribution in [1.29, 1.82) is 0 Å². The van der Waals surface area contributed by atoms with E-state index in [9.17, 15) is 13.2 Å². The second-order valence-corrected chi connectivity index (χ2v) is 10.3. The van der Waals surface area contributed by atoms with Crippen LogP contribution >= 0.6 is 34.8 Å². The number of anilines is 1. The summed E-state index contributed by atoms with van der Waals surface area (Å²) in [5.41, 5.74) is 0.991. The maximum atomic E-state index is 12.9. The van der Waals surface area contributed by atoms with Crippen LogP contribution in [0.5, 0.6) is 5.75 Å². The summed E-state index contributed by atoms with van der Waals surface area (Å²) in [5, 5.41) is 3.93. The average Bonchev–Trinajstić information content (AvgIpc) is 2.71. The second kappa shape index (κ2) is 9.75. The number of sulfonamides is 1. The highest BCUT2D eigenvalue weighted by atomic mass is 35.5. The van der Waals surface area contributed by atoms with Crippen LogP contribution in [0.4, 0.5) is 5.69 Å². The van der Waals surface area contributed by atoms with E-state index >= 15 is 0 Å². The molecule has 1 amide bonds. The highest BCUT2D eigenvalue weighted by Crippen LogP contribution is 2.30. The molecule has 30 heavy (non-hydrogen) atoms. The second-order valence-electron chi connectivity index (χ2n) is 7.04. The number of hydrogen-bond acceptors (Lipinski definition) is 4. The quantitative estimate of drug-likeness (QED) is 0.627. The Labute approximate surface area is 191 Å². The lowest BCUT2D eigenvalue weighted by Crippen LogP contribution is -2.44. The molecule has 1 unspecified atom stereocenters. The molecule has 6 nitrogen and oxygen atoms in total. The molecule has 1 saturated heterocycles. The Morgan fingerprint density at radius 1 is 1.17 bits per heavy atom. The number of hydrogen-bond donors (Lipinski definition) is 1. The van der Waals surface area contributed by atoms with Gasteiger partial charge >= 0.3 is 0 Å². The van der Waals surface area contributed by atoms with Gasteiger partial charge in [-0.1, -0.05) is 40.9 Å². The third-order valence-electron chi connectivity index (χ3n) is 4.90. The topological polar surface area (TPSA) is 75.7 Å². The molecule has 2 aromatic rings. The number of halogens is 3. The van der Waals surface area contributed by atoms with E-state index in [1.165, 1.54) is 11.4 Å². The summed E-state index contributed by atoms with van der Waals surface area (Å²) in [6, 6.07) is 9.66. The number of nitrogens with one attached hydrogen (secondary N) is 1. The van der Waals surface area contributed by atoms with Crippen LogP contribution in [0.1, 0.15) is 18.4 Å². The normalized spacial score (nSPS) is 17.5. The van der Waals surface area contributed by atoms with Gasteiger partial charge in [0, 0.05) is 18.1 Å². The van der Waals surface area contributed by atoms with E-state index in [1.807, 2.05) is 0 Å². The summed E-state index contributed by atoms with van der Waals surface area (Å²) in [7, 11) is -2.12. The van der Waals surface area contributed by atoms with Crippen molar-refractivity contribution in [1.82, 2.24) is 4.31 Å². The Morgan fingerprint density at radius 2 is 1.93 bits per heavy atom. The van der Waals surface area contributed by atoms with E-state index < -0.39 is 15.9 Å². The third-order valence-corrected chi connectivity index (χ3v) is 7.69.